The Bertz CT molecular complexity index is 487. The number of aliphatic hydroxyl groups is 1. The molecule has 3 atom stereocenters. The molecule has 0 bridgehead atoms. The monoisotopic (exact) mass is 380 g/mol. The molecule has 3 N–H and O–H groups in total. The van der Waals surface area contributed by atoms with E-state index < -0.39 is 0 Å². The number of hydrogen-bond donors (Lipinski definition) is 2. The molecule has 0 unspecified atom stereocenters. The lowest BCUT2D eigenvalue weighted by atomic mass is 9.83. The van der Waals surface area contributed by atoms with Crippen molar-refractivity contribution in [3.05, 3.63) is 11.6 Å². The third-order valence-corrected chi connectivity index (χ3v) is 4.54. The van der Waals surface area contributed by atoms with Gasteiger partial charge in [0.25, 0.3) is 0 Å². The molecule has 142 valence electrons. The molecular weight excluding hydrogens is 347 g/mol. The van der Waals surface area contributed by atoms with Gasteiger partial charge < -0.3 is 10.8 Å². The van der Waals surface area contributed by atoms with E-state index in [9.17, 15) is 5.11 Å². The van der Waals surface area contributed by atoms with Crippen molar-refractivity contribution in [2.24, 2.45) is 5.73 Å². The molecule has 0 saturated heterocycles. The summed E-state index contributed by atoms with van der Waals surface area (Å²) in [6, 6.07) is -0.146. The molecule has 0 amide bonds. The fraction of sp³-hybridized carbons (Fsp3) is 0.882. The number of halogens is 2. The summed E-state index contributed by atoms with van der Waals surface area (Å²) >= 11 is 0. The Morgan fingerprint density at radius 2 is 1.88 bits per heavy atom. The van der Waals surface area contributed by atoms with Crippen molar-refractivity contribution in [3.63, 3.8) is 0 Å². The first-order valence-electron chi connectivity index (χ1n) is 8.73. The first-order valence-corrected chi connectivity index (χ1v) is 8.73. The predicted octanol–water partition coefficient (Wildman–Crippen LogP) is 3.57. The average Bonchev–Trinajstić information content (AvgIpc) is 2.86. The van der Waals surface area contributed by atoms with Crippen LogP contribution in [0.5, 0.6) is 0 Å². The van der Waals surface area contributed by atoms with Gasteiger partial charge in [0.1, 0.15) is 5.82 Å². The van der Waals surface area contributed by atoms with Gasteiger partial charge in [-0.1, -0.05) is 19.8 Å². The van der Waals surface area contributed by atoms with Gasteiger partial charge in [0.2, 0.25) is 0 Å². The van der Waals surface area contributed by atoms with Gasteiger partial charge in [-0.25, -0.2) is 9.67 Å². The van der Waals surface area contributed by atoms with Gasteiger partial charge in [-0.2, -0.15) is 5.10 Å². The van der Waals surface area contributed by atoms with Crippen molar-refractivity contribution < 1.29 is 5.11 Å². The molecule has 1 heterocycles. The zero-order chi connectivity index (χ0) is 16.3. The topological polar surface area (TPSA) is 77.0 Å². The van der Waals surface area contributed by atoms with Crippen molar-refractivity contribution in [1.82, 2.24) is 14.8 Å². The lowest BCUT2D eigenvalue weighted by Crippen LogP contribution is -2.41. The molecule has 2 rings (SSSR count). The number of aliphatic hydroxyl groups excluding tert-OH is 1. The van der Waals surface area contributed by atoms with E-state index in [4.69, 9.17) is 15.8 Å². The van der Waals surface area contributed by atoms with Gasteiger partial charge in [0.15, 0.2) is 5.82 Å². The summed E-state index contributed by atoms with van der Waals surface area (Å²) in [6.07, 6.45) is 6.66. The van der Waals surface area contributed by atoms with Crippen molar-refractivity contribution in [3.8, 4) is 0 Å². The standard InChI is InChI=1S/C17H32N4O.2ClH/c1-5-6-7-8-15-19-16(21(20-15)17(2,3)4)12-9-10-14(22)13(18)11-12;;/h12-14,22H,5-11,18H2,1-4H3;2*1H/t12-,13+,14+;;/m0../s1. The van der Waals surface area contributed by atoms with Gasteiger partial charge in [-0.15, -0.1) is 24.8 Å². The van der Waals surface area contributed by atoms with Crippen LogP contribution < -0.4 is 5.73 Å². The van der Waals surface area contributed by atoms with E-state index in [1.54, 1.807) is 0 Å². The second-order valence-electron chi connectivity index (χ2n) is 7.67. The van der Waals surface area contributed by atoms with Gasteiger partial charge >= 0.3 is 0 Å². The van der Waals surface area contributed by atoms with Crippen molar-refractivity contribution in [1.29, 1.82) is 0 Å². The van der Waals surface area contributed by atoms with E-state index in [-0.39, 0.29) is 42.5 Å². The smallest absolute Gasteiger partial charge is 0.150 e. The molecule has 1 aromatic rings. The number of aromatic nitrogens is 3. The Kier molecular flexibility index (Phi) is 9.80. The van der Waals surface area contributed by atoms with Gasteiger partial charge in [-0.3, -0.25) is 0 Å². The second kappa shape index (κ2) is 9.95. The van der Waals surface area contributed by atoms with Crippen LogP contribution in [0.2, 0.25) is 0 Å². The number of nitrogens with zero attached hydrogens (tertiary/aromatic N) is 3. The van der Waals surface area contributed by atoms with Crippen molar-refractivity contribution in [2.75, 3.05) is 0 Å². The van der Waals surface area contributed by atoms with E-state index in [0.29, 0.717) is 5.92 Å². The number of nitrogens with two attached hydrogens (primary N) is 1. The summed E-state index contributed by atoms with van der Waals surface area (Å²) in [5, 5.41) is 14.6. The number of unbranched alkanes of at least 4 members (excludes halogenated alkanes) is 2. The molecule has 1 fully saturated rings. The van der Waals surface area contributed by atoms with Gasteiger partial charge in [-0.05, 0) is 46.5 Å². The maximum atomic E-state index is 9.85. The Morgan fingerprint density at radius 1 is 1.21 bits per heavy atom. The minimum absolute atomic E-state index is 0. The molecule has 1 aliphatic carbocycles. The van der Waals surface area contributed by atoms with Crippen LogP contribution in [-0.2, 0) is 12.0 Å². The van der Waals surface area contributed by atoms with Crippen LogP contribution in [0.25, 0.3) is 0 Å². The lowest BCUT2D eigenvalue weighted by Gasteiger charge is -2.32. The van der Waals surface area contributed by atoms with Crippen LogP contribution in [-0.4, -0.2) is 32.0 Å². The van der Waals surface area contributed by atoms with Crippen LogP contribution in [0.1, 0.15) is 83.8 Å². The summed E-state index contributed by atoms with van der Waals surface area (Å²) in [5.41, 5.74) is 5.98. The lowest BCUT2D eigenvalue weighted by molar-refractivity contribution is 0.0975. The molecule has 0 aromatic carbocycles. The molecule has 0 aliphatic heterocycles. The van der Waals surface area contributed by atoms with Crippen LogP contribution in [0.4, 0.5) is 0 Å². The van der Waals surface area contributed by atoms with E-state index in [1.165, 1.54) is 12.8 Å². The molecule has 0 radical (unpaired) electrons. The van der Waals surface area contributed by atoms with Gasteiger partial charge in [0.05, 0.1) is 11.6 Å². The van der Waals surface area contributed by atoms with Crippen LogP contribution in [0.3, 0.4) is 0 Å². The summed E-state index contributed by atoms with van der Waals surface area (Å²) in [7, 11) is 0. The summed E-state index contributed by atoms with van der Waals surface area (Å²) in [5.74, 6) is 2.32. The summed E-state index contributed by atoms with van der Waals surface area (Å²) < 4.78 is 2.09. The first-order chi connectivity index (χ1) is 10.3. The Balaban J connectivity index is 0.00000264. The summed E-state index contributed by atoms with van der Waals surface area (Å²) in [4.78, 5) is 4.85. The maximum Gasteiger partial charge on any atom is 0.150 e. The third kappa shape index (κ3) is 5.87. The number of aryl methyl sites for hydroxylation is 1. The molecule has 24 heavy (non-hydrogen) atoms. The molecule has 0 spiro atoms. The highest BCUT2D eigenvalue weighted by atomic mass is 35.5. The molecule has 5 nitrogen and oxygen atoms in total. The quantitative estimate of drug-likeness (QED) is 0.765. The second-order valence-corrected chi connectivity index (χ2v) is 7.67. The highest BCUT2D eigenvalue weighted by molar-refractivity contribution is 5.85. The van der Waals surface area contributed by atoms with E-state index in [1.807, 2.05) is 0 Å². The van der Waals surface area contributed by atoms with Crippen LogP contribution >= 0.6 is 24.8 Å². The Morgan fingerprint density at radius 3 is 2.42 bits per heavy atom. The largest absolute Gasteiger partial charge is 0.392 e. The average molecular weight is 381 g/mol. The maximum absolute atomic E-state index is 9.85. The van der Waals surface area contributed by atoms with Crippen LogP contribution in [0.15, 0.2) is 0 Å². The minimum Gasteiger partial charge on any atom is -0.392 e. The van der Waals surface area contributed by atoms with E-state index in [0.717, 1.165) is 43.8 Å². The predicted molar refractivity (Wildman–Crippen MR) is 103 cm³/mol. The Hall–Kier alpha value is -0.360. The zero-order valence-electron chi connectivity index (χ0n) is 15.4. The fourth-order valence-electron chi connectivity index (χ4n) is 3.19. The molecular formula is C17H34Cl2N4O. The highest BCUT2D eigenvalue weighted by Gasteiger charge is 2.33. The number of hydrogen-bond acceptors (Lipinski definition) is 4. The molecule has 1 aliphatic rings. The SMILES string of the molecule is CCCCCc1nc([C@H]2CC[C@@H](O)[C@H](N)C2)n(C(C)(C)C)n1.Cl.Cl. The highest BCUT2D eigenvalue weighted by Crippen LogP contribution is 2.33. The minimum atomic E-state index is -0.369. The van der Waals surface area contributed by atoms with E-state index in [2.05, 4.69) is 32.4 Å². The van der Waals surface area contributed by atoms with Gasteiger partial charge in [0, 0.05) is 18.4 Å². The summed E-state index contributed by atoms with van der Waals surface area (Å²) in [6.45, 7) is 8.71. The van der Waals surface area contributed by atoms with Crippen molar-refractivity contribution >= 4 is 24.8 Å². The van der Waals surface area contributed by atoms with Crippen LogP contribution in [0, 0.1) is 0 Å². The molecule has 1 aromatic heterocycles. The fourth-order valence-corrected chi connectivity index (χ4v) is 3.19. The zero-order valence-corrected chi connectivity index (χ0v) is 17.0. The molecule has 7 heteroatoms. The third-order valence-electron chi connectivity index (χ3n) is 4.54. The van der Waals surface area contributed by atoms with E-state index >= 15 is 0 Å². The normalized spacial score (nSPS) is 24.2. The Labute approximate surface area is 158 Å². The van der Waals surface area contributed by atoms with Crippen molar-refractivity contribution in [2.45, 2.75) is 96.2 Å². The molecule has 1 saturated carbocycles. The first kappa shape index (κ1) is 23.6. The number of rotatable bonds is 5.